The molecule has 0 fully saturated rings. The first-order valence-electron chi connectivity index (χ1n) is 6.08. The van der Waals surface area contributed by atoms with Gasteiger partial charge < -0.3 is 5.11 Å². The number of aliphatic hydroxyl groups excluding tert-OH is 1. The van der Waals surface area contributed by atoms with Crippen LogP contribution in [0.4, 0.5) is 5.95 Å². The van der Waals surface area contributed by atoms with Crippen LogP contribution in [0.1, 0.15) is 22.3 Å². The maximum atomic E-state index is 12.2. The van der Waals surface area contributed by atoms with Crippen molar-refractivity contribution < 1.29 is 9.90 Å². The summed E-state index contributed by atoms with van der Waals surface area (Å²) < 4.78 is 0. The fraction of sp³-hybridized carbons (Fsp3) is 0.133. The van der Waals surface area contributed by atoms with Crippen LogP contribution in [0.15, 0.2) is 42.7 Å². The summed E-state index contributed by atoms with van der Waals surface area (Å²) >= 11 is 0. The molecule has 0 saturated carbocycles. The zero-order valence-electron chi connectivity index (χ0n) is 10.7. The van der Waals surface area contributed by atoms with Crippen LogP contribution in [-0.2, 0) is 0 Å². The summed E-state index contributed by atoms with van der Waals surface area (Å²) in [5.41, 5.74) is 1.06. The van der Waals surface area contributed by atoms with Gasteiger partial charge in [0.15, 0.2) is 0 Å². The second-order valence-corrected chi connectivity index (χ2v) is 3.85. The summed E-state index contributed by atoms with van der Waals surface area (Å²) in [6.45, 7) is -0.000775. The molecule has 5 heteroatoms. The standard InChI is InChI=1S/C15H13N3O2/c19-11-4-3-7-12-6-1-2-8-13(12)14(20)18-15-16-9-5-10-17-15/h1-2,5-6,8-10,19H,4,11H2,(H,16,17,18,20). The molecule has 0 aliphatic rings. The normalized spacial score (nSPS) is 9.45. The third-order valence-electron chi connectivity index (χ3n) is 2.42. The van der Waals surface area contributed by atoms with Gasteiger partial charge in [0.25, 0.3) is 5.91 Å². The third-order valence-corrected chi connectivity index (χ3v) is 2.42. The number of rotatable bonds is 3. The van der Waals surface area contributed by atoms with E-state index in [1.165, 1.54) is 0 Å². The highest BCUT2D eigenvalue weighted by Gasteiger charge is 2.10. The Bertz CT molecular complexity index is 645. The summed E-state index contributed by atoms with van der Waals surface area (Å²) in [5.74, 6) is 5.60. The number of amides is 1. The van der Waals surface area contributed by atoms with Gasteiger partial charge in [0.2, 0.25) is 5.95 Å². The highest BCUT2D eigenvalue weighted by Crippen LogP contribution is 2.09. The molecule has 2 rings (SSSR count). The Morgan fingerprint density at radius 2 is 1.95 bits per heavy atom. The second-order valence-electron chi connectivity index (χ2n) is 3.85. The molecular weight excluding hydrogens is 254 g/mol. The molecule has 100 valence electrons. The van der Waals surface area contributed by atoms with Gasteiger partial charge in [-0.25, -0.2) is 9.97 Å². The minimum Gasteiger partial charge on any atom is -0.395 e. The van der Waals surface area contributed by atoms with Crippen LogP contribution >= 0.6 is 0 Å². The van der Waals surface area contributed by atoms with Crippen molar-refractivity contribution in [2.45, 2.75) is 6.42 Å². The lowest BCUT2D eigenvalue weighted by Crippen LogP contribution is -2.15. The first kappa shape index (κ1) is 13.7. The van der Waals surface area contributed by atoms with Crippen molar-refractivity contribution in [1.82, 2.24) is 9.97 Å². The summed E-state index contributed by atoms with van der Waals surface area (Å²) in [6, 6.07) is 8.67. The van der Waals surface area contributed by atoms with Gasteiger partial charge in [-0.05, 0) is 18.2 Å². The van der Waals surface area contributed by atoms with Crippen molar-refractivity contribution in [3.63, 3.8) is 0 Å². The van der Waals surface area contributed by atoms with Gasteiger partial charge in [0, 0.05) is 24.4 Å². The lowest BCUT2D eigenvalue weighted by Gasteiger charge is -2.05. The van der Waals surface area contributed by atoms with Gasteiger partial charge >= 0.3 is 0 Å². The highest BCUT2D eigenvalue weighted by molar-refractivity contribution is 6.05. The molecule has 0 bridgehead atoms. The van der Waals surface area contributed by atoms with Crippen molar-refractivity contribution in [1.29, 1.82) is 0 Å². The van der Waals surface area contributed by atoms with Crippen molar-refractivity contribution >= 4 is 11.9 Å². The van der Waals surface area contributed by atoms with E-state index in [1.807, 2.05) is 0 Å². The predicted molar refractivity (Wildman–Crippen MR) is 75.0 cm³/mol. The third kappa shape index (κ3) is 3.64. The molecule has 20 heavy (non-hydrogen) atoms. The molecule has 0 atom stereocenters. The molecule has 0 saturated heterocycles. The van der Waals surface area contributed by atoms with E-state index in [4.69, 9.17) is 5.11 Å². The molecule has 0 aliphatic carbocycles. The second kappa shape index (κ2) is 7.02. The molecule has 1 aromatic carbocycles. The average molecular weight is 267 g/mol. The maximum Gasteiger partial charge on any atom is 0.259 e. The number of hydrogen-bond donors (Lipinski definition) is 2. The van der Waals surface area contributed by atoms with Crippen molar-refractivity contribution in [3.05, 3.63) is 53.9 Å². The largest absolute Gasteiger partial charge is 0.395 e. The van der Waals surface area contributed by atoms with Crippen LogP contribution in [0.2, 0.25) is 0 Å². The molecule has 0 aliphatic heterocycles. The van der Waals surface area contributed by atoms with Crippen molar-refractivity contribution in [3.8, 4) is 11.8 Å². The van der Waals surface area contributed by atoms with E-state index in [0.29, 0.717) is 17.5 Å². The quantitative estimate of drug-likeness (QED) is 0.826. The monoisotopic (exact) mass is 267 g/mol. The van der Waals surface area contributed by atoms with Gasteiger partial charge in [-0.3, -0.25) is 10.1 Å². The zero-order chi connectivity index (χ0) is 14.2. The first-order valence-corrected chi connectivity index (χ1v) is 6.08. The Labute approximate surface area is 116 Å². The van der Waals surface area contributed by atoms with E-state index in [0.717, 1.165) is 0 Å². The predicted octanol–water partition coefficient (Wildman–Crippen LogP) is 1.46. The molecular formula is C15H13N3O2. The Hall–Kier alpha value is -2.71. The zero-order valence-corrected chi connectivity index (χ0v) is 10.7. The van der Waals surface area contributed by atoms with Crippen LogP contribution in [0.3, 0.4) is 0 Å². The summed E-state index contributed by atoms with van der Waals surface area (Å²) in [6.07, 6.45) is 3.48. The Morgan fingerprint density at radius 3 is 2.70 bits per heavy atom. The number of hydrogen-bond acceptors (Lipinski definition) is 4. The van der Waals surface area contributed by atoms with Crippen molar-refractivity contribution in [2.24, 2.45) is 0 Å². The number of nitrogens with one attached hydrogen (secondary N) is 1. The molecule has 1 aromatic heterocycles. The van der Waals surface area contributed by atoms with E-state index in [2.05, 4.69) is 27.1 Å². The van der Waals surface area contributed by atoms with E-state index in [-0.39, 0.29) is 18.5 Å². The molecule has 0 spiro atoms. The van der Waals surface area contributed by atoms with Crippen LogP contribution in [-0.4, -0.2) is 27.6 Å². The summed E-state index contributed by atoms with van der Waals surface area (Å²) in [7, 11) is 0. The lowest BCUT2D eigenvalue weighted by molar-refractivity contribution is 0.102. The van der Waals surface area contributed by atoms with Crippen LogP contribution in [0.25, 0.3) is 0 Å². The lowest BCUT2D eigenvalue weighted by atomic mass is 10.1. The van der Waals surface area contributed by atoms with Gasteiger partial charge in [0.05, 0.1) is 12.2 Å². The smallest absolute Gasteiger partial charge is 0.259 e. The van der Waals surface area contributed by atoms with Gasteiger partial charge in [-0.15, -0.1) is 0 Å². The molecule has 5 nitrogen and oxygen atoms in total. The number of carbonyl (C=O) groups is 1. The van der Waals surface area contributed by atoms with Crippen molar-refractivity contribution in [2.75, 3.05) is 11.9 Å². The fourth-order valence-electron chi connectivity index (χ4n) is 1.54. The Balaban J connectivity index is 2.20. The number of anilines is 1. The van der Waals surface area contributed by atoms with Crippen LogP contribution in [0.5, 0.6) is 0 Å². The topological polar surface area (TPSA) is 75.1 Å². The average Bonchev–Trinajstić information content (AvgIpc) is 2.49. The Kier molecular flexibility index (Phi) is 4.81. The fourth-order valence-corrected chi connectivity index (χ4v) is 1.54. The van der Waals surface area contributed by atoms with Crippen LogP contribution in [0, 0.1) is 11.8 Å². The molecule has 1 heterocycles. The number of carbonyl (C=O) groups excluding carboxylic acids is 1. The minimum atomic E-state index is -0.315. The van der Waals surface area contributed by atoms with Gasteiger partial charge in [-0.2, -0.15) is 0 Å². The first-order chi connectivity index (χ1) is 9.81. The molecule has 2 aromatic rings. The molecule has 2 N–H and O–H groups in total. The number of aromatic nitrogens is 2. The summed E-state index contributed by atoms with van der Waals surface area (Å²) in [4.78, 5) is 20.0. The van der Waals surface area contributed by atoms with Gasteiger partial charge in [-0.1, -0.05) is 24.0 Å². The minimum absolute atomic E-state index is 0.000775. The molecule has 0 unspecified atom stereocenters. The maximum absolute atomic E-state index is 12.2. The van der Waals surface area contributed by atoms with E-state index in [1.54, 1.807) is 42.7 Å². The van der Waals surface area contributed by atoms with Gasteiger partial charge in [0.1, 0.15) is 0 Å². The van der Waals surface area contributed by atoms with Crippen LogP contribution < -0.4 is 5.32 Å². The van der Waals surface area contributed by atoms with E-state index in [9.17, 15) is 4.79 Å². The molecule has 1 amide bonds. The van der Waals surface area contributed by atoms with E-state index < -0.39 is 0 Å². The van der Waals surface area contributed by atoms with E-state index >= 15 is 0 Å². The number of nitrogens with zero attached hydrogens (tertiary/aromatic N) is 2. The molecule has 0 radical (unpaired) electrons. The number of benzene rings is 1. The summed E-state index contributed by atoms with van der Waals surface area (Å²) in [5, 5.41) is 11.3. The number of aliphatic hydroxyl groups is 1. The Morgan fingerprint density at radius 1 is 1.20 bits per heavy atom. The highest BCUT2D eigenvalue weighted by atomic mass is 16.2. The SMILES string of the molecule is O=C(Nc1ncccn1)c1ccccc1C#CCCO.